The molecule has 140 valence electrons. The third-order valence-corrected chi connectivity index (χ3v) is 5.42. The summed E-state index contributed by atoms with van der Waals surface area (Å²) in [6.07, 6.45) is 2.09. The molecule has 2 fully saturated rings. The fraction of sp³-hybridized carbons (Fsp3) is 0.600. The quantitative estimate of drug-likeness (QED) is 0.801. The molecule has 0 bridgehead atoms. The molecule has 6 nitrogen and oxygen atoms in total. The summed E-state index contributed by atoms with van der Waals surface area (Å²) >= 11 is 0. The molecule has 2 aliphatic rings. The standard InChI is InChI=1S/C20H28N4O2/c1-26-14-13-22-8-2-3-18(16-22)20(25)24-11-9-23(10-12-24)19-6-4-17(15-21)5-7-19/h4-7,18H,2-3,8-14,16H2,1H3/t18-/m0/s1. The number of ether oxygens (including phenoxy) is 1. The molecule has 2 aliphatic heterocycles. The molecule has 1 amide bonds. The summed E-state index contributed by atoms with van der Waals surface area (Å²) in [6, 6.07) is 9.83. The minimum atomic E-state index is 0.127. The maximum Gasteiger partial charge on any atom is 0.227 e. The van der Waals surface area contributed by atoms with Gasteiger partial charge in [-0.05, 0) is 43.7 Å². The van der Waals surface area contributed by atoms with E-state index in [1.54, 1.807) is 7.11 Å². The third kappa shape index (κ3) is 4.54. The molecule has 1 atom stereocenters. The van der Waals surface area contributed by atoms with Gasteiger partial charge in [0.05, 0.1) is 24.2 Å². The van der Waals surface area contributed by atoms with Crippen molar-refractivity contribution in [2.45, 2.75) is 12.8 Å². The average Bonchev–Trinajstić information content (AvgIpc) is 2.72. The van der Waals surface area contributed by atoms with Crippen molar-refractivity contribution in [2.75, 3.05) is 64.4 Å². The van der Waals surface area contributed by atoms with Gasteiger partial charge in [-0.3, -0.25) is 4.79 Å². The van der Waals surface area contributed by atoms with Crippen LogP contribution in [0.15, 0.2) is 24.3 Å². The molecule has 26 heavy (non-hydrogen) atoms. The highest BCUT2D eigenvalue weighted by molar-refractivity contribution is 5.79. The van der Waals surface area contributed by atoms with Crippen molar-refractivity contribution in [3.63, 3.8) is 0 Å². The largest absolute Gasteiger partial charge is 0.383 e. The predicted molar refractivity (Wildman–Crippen MR) is 101 cm³/mol. The van der Waals surface area contributed by atoms with Crippen LogP contribution in [0.1, 0.15) is 18.4 Å². The molecule has 2 saturated heterocycles. The van der Waals surface area contributed by atoms with Crippen LogP contribution >= 0.6 is 0 Å². The molecule has 1 aromatic rings. The Morgan fingerprint density at radius 3 is 2.58 bits per heavy atom. The number of likely N-dealkylation sites (tertiary alicyclic amines) is 1. The van der Waals surface area contributed by atoms with Crippen LogP contribution in [0.4, 0.5) is 5.69 Å². The third-order valence-electron chi connectivity index (χ3n) is 5.42. The Morgan fingerprint density at radius 2 is 1.92 bits per heavy atom. The Morgan fingerprint density at radius 1 is 1.19 bits per heavy atom. The van der Waals surface area contributed by atoms with Gasteiger partial charge in [0, 0.05) is 52.1 Å². The number of nitrogens with zero attached hydrogens (tertiary/aromatic N) is 4. The monoisotopic (exact) mass is 356 g/mol. The number of piperazine rings is 1. The number of piperidine rings is 1. The van der Waals surface area contributed by atoms with Gasteiger partial charge in [0.15, 0.2) is 0 Å². The molecule has 2 heterocycles. The first kappa shape index (κ1) is 18.7. The Balaban J connectivity index is 1.50. The second-order valence-electron chi connectivity index (χ2n) is 7.10. The van der Waals surface area contributed by atoms with E-state index < -0.39 is 0 Å². The molecule has 0 unspecified atom stereocenters. The molecule has 6 heteroatoms. The summed E-state index contributed by atoms with van der Waals surface area (Å²) in [5, 5.41) is 8.91. The van der Waals surface area contributed by atoms with E-state index in [9.17, 15) is 4.79 Å². The van der Waals surface area contributed by atoms with E-state index in [0.717, 1.165) is 70.9 Å². The van der Waals surface area contributed by atoms with Gasteiger partial charge in [0.2, 0.25) is 5.91 Å². The van der Waals surface area contributed by atoms with Crippen LogP contribution in [0.2, 0.25) is 0 Å². The first-order valence-corrected chi connectivity index (χ1v) is 9.46. The van der Waals surface area contributed by atoms with Crippen molar-refractivity contribution in [2.24, 2.45) is 5.92 Å². The Hall–Kier alpha value is -2.10. The fourth-order valence-electron chi connectivity index (χ4n) is 3.87. The Kier molecular flexibility index (Phi) is 6.48. The van der Waals surface area contributed by atoms with Gasteiger partial charge in [0.1, 0.15) is 0 Å². The average molecular weight is 356 g/mol. The molecule has 3 rings (SSSR count). The van der Waals surface area contributed by atoms with Crippen LogP contribution in [0.3, 0.4) is 0 Å². The maximum atomic E-state index is 12.9. The molecule has 0 aliphatic carbocycles. The molecule has 0 spiro atoms. The van der Waals surface area contributed by atoms with Crippen molar-refractivity contribution < 1.29 is 9.53 Å². The zero-order valence-corrected chi connectivity index (χ0v) is 15.6. The van der Waals surface area contributed by atoms with Crippen LogP contribution in [0.25, 0.3) is 0 Å². The molecule has 0 saturated carbocycles. The normalized spacial score (nSPS) is 21.5. The highest BCUT2D eigenvalue weighted by atomic mass is 16.5. The van der Waals surface area contributed by atoms with Crippen LogP contribution in [-0.4, -0.2) is 75.2 Å². The van der Waals surface area contributed by atoms with Crippen LogP contribution < -0.4 is 4.90 Å². The fourth-order valence-corrected chi connectivity index (χ4v) is 3.87. The minimum absolute atomic E-state index is 0.127. The van der Waals surface area contributed by atoms with Gasteiger partial charge in [-0.15, -0.1) is 0 Å². The number of rotatable bonds is 5. The molecule has 0 aromatic heterocycles. The summed E-state index contributed by atoms with van der Waals surface area (Å²) in [7, 11) is 1.72. The van der Waals surface area contributed by atoms with Crippen molar-refractivity contribution in [3.8, 4) is 6.07 Å². The number of carbonyl (C=O) groups is 1. The summed E-state index contributed by atoms with van der Waals surface area (Å²) in [4.78, 5) is 19.6. The Bertz CT molecular complexity index is 632. The lowest BCUT2D eigenvalue weighted by Gasteiger charge is -2.39. The predicted octanol–water partition coefficient (Wildman–Crippen LogP) is 1.57. The van der Waals surface area contributed by atoms with E-state index in [-0.39, 0.29) is 5.92 Å². The van der Waals surface area contributed by atoms with E-state index in [2.05, 4.69) is 15.9 Å². The molecule has 1 aromatic carbocycles. The first-order chi connectivity index (χ1) is 12.7. The number of nitriles is 1. The van der Waals surface area contributed by atoms with Crippen molar-refractivity contribution in [1.29, 1.82) is 5.26 Å². The lowest BCUT2D eigenvalue weighted by molar-refractivity contribution is -0.137. The highest BCUT2D eigenvalue weighted by Gasteiger charge is 2.30. The van der Waals surface area contributed by atoms with Crippen LogP contribution in [0.5, 0.6) is 0 Å². The maximum absolute atomic E-state index is 12.9. The van der Waals surface area contributed by atoms with Gasteiger partial charge in [-0.1, -0.05) is 0 Å². The van der Waals surface area contributed by atoms with Gasteiger partial charge >= 0.3 is 0 Å². The lowest BCUT2D eigenvalue weighted by atomic mass is 9.96. The van der Waals surface area contributed by atoms with Gasteiger partial charge < -0.3 is 19.4 Å². The summed E-state index contributed by atoms with van der Waals surface area (Å²) in [5.41, 5.74) is 1.80. The number of hydrogen-bond acceptors (Lipinski definition) is 5. The smallest absolute Gasteiger partial charge is 0.227 e. The summed E-state index contributed by atoms with van der Waals surface area (Å²) in [6.45, 7) is 6.80. The van der Waals surface area contributed by atoms with E-state index in [1.807, 2.05) is 29.2 Å². The van der Waals surface area contributed by atoms with E-state index >= 15 is 0 Å². The number of benzene rings is 1. The van der Waals surface area contributed by atoms with Crippen molar-refractivity contribution in [1.82, 2.24) is 9.80 Å². The van der Waals surface area contributed by atoms with E-state index in [0.29, 0.717) is 11.5 Å². The minimum Gasteiger partial charge on any atom is -0.383 e. The van der Waals surface area contributed by atoms with Gasteiger partial charge in [-0.25, -0.2) is 0 Å². The van der Waals surface area contributed by atoms with Crippen molar-refractivity contribution >= 4 is 11.6 Å². The SMILES string of the molecule is COCCN1CCC[C@H](C(=O)N2CCN(c3ccc(C#N)cc3)CC2)C1. The topological polar surface area (TPSA) is 59.8 Å². The van der Waals surface area contributed by atoms with Gasteiger partial charge in [-0.2, -0.15) is 5.26 Å². The second-order valence-corrected chi connectivity index (χ2v) is 7.10. The van der Waals surface area contributed by atoms with E-state index in [1.165, 1.54) is 0 Å². The highest BCUT2D eigenvalue weighted by Crippen LogP contribution is 2.21. The Labute approximate surface area is 155 Å². The number of anilines is 1. The summed E-state index contributed by atoms with van der Waals surface area (Å²) in [5.74, 6) is 0.439. The molecular formula is C20H28N4O2. The van der Waals surface area contributed by atoms with Crippen molar-refractivity contribution in [3.05, 3.63) is 29.8 Å². The molecular weight excluding hydrogens is 328 g/mol. The number of hydrogen-bond donors (Lipinski definition) is 0. The number of amides is 1. The molecule has 0 N–H and O–H groups in total. The first-order valence-electron chi connectivity index (χ1n) is 9.46. The number of carbonyl (C=O) groups excluding carboxylic acids is 1. The lowest BCUT2D eigenvalue weighted by Crippen LogP contribution is -2.52. The van der Waals surface area contributed by atoms with Crippen LogP contribution in [-0.2, 0) is 9.53 Å². The number of methoxy groups -OCH3 is 1. The van der Waals surface area contributed by atoms with E-state index in [4.69, 9.17) is 10.00 Å². The zero-order chi connectivity index (χ0) is 18.4. The van der Waals surface area contributed by atoms with Gasteiger partial charge in [0.25, 0.3) is 0 Å². The summed E-state index contributed by atoms with van der Waals surface area (Å²) < 4.78 is 5.16. The second kappa shape index (κ2) is 9.02. The molecule has 0 radical (unpaired) electrons. The van der Waals surface area contributed by atoms with Crippen LogP contribution in [0, 0.1) is 17.2 Å². The zero-order valence-electron chi connectivity index (χ0n) is 15.6.